The van der Waals surface area contributed by atoms with Crippen LogP contribution in [0.15, 0.2) is 12.1 Å². The number of anilines is 1. The molecule has 1 fully saturated rings. The van der Waals surface area contributed by atoms with Gasteiger partial charge in [0.25, 0.3) is 5.69 Å². The maximum absolute atomic E-state index is 13.3. The van der Waals surface area contributed by atoms with Crippen LogP contribution < -0.4 is 5.32 Å². The third kappa shape index (κ3) is 3.82. The van der Waals surface area contributed by atoms with Gasteiger partial charge in [0.2, 0.25) is 0 Å². The lowest BCUT2D eigenvalue weighted by Gasteiger charge is -2.21. The lowest BCUT2D eigenvalue weighted by Crippen LogP contribution is -2.13. The van der Waals surface area contributed by atoms with E-state index in [1.54, 1.807) is 0 Å². The third-order valence-corrected chi connectivity index (χ3v) is 4.12. The van der Waals surface area contributed by atoms with Crippen LogP contribution in [0.25, 0.3) is 0 Å². The first-order valence-corrected chi connectivity index (χ1v) is 7.33. The van der Waals surface area contributed by atoms with Crippen molar-refractivity contribution in [3.63, 3.8) is 0 Å². The zero-order valence-corrected chi connectivity index (χ0v) is 12.0. The fourth-order valence-electron chi connectivity index (χ4n) is 2.72. The summed E-state index contributed by atoms with van der Waals surface area (Å²) in [5.41, 5.74) is 0.0211. The molecular formula is C14H18ClFN2O2. The fraction of sp³-hybridized carbons (Fsp3) is 0.571. The van der Waals surface area contributed by atoms with E-state index >= 15 is 0 Å². The normalized spacial score (nSPS) is 16.1. The molecule has 0 aliphatic heterocycles. The standard InChI is InChI=1S/C14H18ClFN2O2/c15-11-8-13(14(18(19)20)9-12(11)16)17-7-6-10-4-2-1-3-5-10/h8-10,17H,1-7H2. The van der Waals surface area contributed by atoms with Crippen LogP contribution in [0.2, 0.25) is 5.02 Å². The number of nitro benzene ring substituents is 1. The van der Waals surface area contributed by atoms with Crippen LogP contribution in [0.3, 0.4) is 0 Å². The second-order valence-electron chi connectivity index (χ2n) is 5.26. The van der Waals surface area contributed by atoms with Gasteiger partial charge in [-0.15, -0.1) is 0 Å². The van der Waals surface area contributed by atoms with Crippen molar-refractivity contribution in [2.75, 3.05) is 11.9 Å². The molecule has 0 atom stereocenters. The van der Waals surface area contributed by atoms with Crippen LogP contribution in [-0.4, -0.2) is 11.5 Å². The SMILES string of the molecule is O=[N+]([O-])c1cc(F)c(Cl)cc1NCCC1CCCCC1. The Kier molecular flexibility index (Phi) is 5.17. The first-order chi connectivity index (χ1) is 9.58. The third-order valence-electron chi connectivity index (χ3n) is 3.83. The molecule has 6 heteroatoms. The highest BCUT2D eigenvalue weighted by Gasteiger charge is 2.18. The molecule has 1 N–H and O–H groups in total. The van der Waals surface area contributed by atoms with E-state index in [2.05, 4.69) is 5.32 Å². The Morgan fingerprint density at radius 2 is 2.05 bits per heavy atom. The fourth-order valence-corrected chi connectivity index (χ4v) is 2.88. The Hall–Kier alpha value is -1.36. The van der Waals surface area contributed by atoms with E-state index in [0.29, 0.717) is 12.5 Å². The molecule has 0 radical (unpaired) electrons. The van der Waals surface area contributed by atoms with Crippen molar-refractivity contribution in [1.82, 2.24) is 0 Å². The molecule has 0 bridgehead atoms. The van der Waals surface area contributed by atoms with Gasteiger partial charge in [0.1, 0.15) is 11.5 Å². The van der Waals surface area contributed by atoms with E-state index < -0.39 is 10.7 Å². The van der Waals surface area contributed by atoms with E-state index in [9.17, 15) is 14.5 Å². The molecule has 0 saturated heterocycles. The van der Waals surface area contributed by atoms with Crippen LogP contribution in [-0.2, 0) is 0 Å². The van der Waals surface area contributed by atoms with Crippen molar-refractivity contribution in [2.45, 2.75) is 38.5 Å². The number of nitro groups is 1. The summed E-state index contributed by atoms with van der Waals surface area (Å²) in [5.74, 6) is -0.0811. The highest BCUT2D eigenvalue weighted by molar-refractivity contribution is 6.31. The molecule has 20 heavy (non-hydrogen) atoms. The van der Waals surface area contributed by atoms with E-state index in [-0.39, 0.29) is 16.4 Å². The van der Waals surface area contributed by atoms with E-state index in [0.717, 1.165) is 12.5 Å². The Bertz CT molecular complexity index is 490. The van der Waals surface area contributed by atoms with Gasteiger partial charge in [-0.05, 0) is 18.4 Å². The maximum atomic E-state index is 13.3. The van der Waals surface area contributed by atoms with Crippen LogP contribution in [0.4, 0.5) is 15.8 Å². The highest BCUT2D eigenvalue weighted by Crippen LogP contribution is 2.31. The van der Waals surface area contributed by atoms with Crippen molar-refractivity contribution in [1.29, 1.82) is 0 Å². The summed E-state index contributed by atoms with van der Waals surface area (Å²) in [7, 11) is 0. The topological polar surface area (TPSA) is 55.2 Å². The van der Waals surface area contributed by atoms with Crippen molar-refractivity contribution >= 4 is 23.0 Å². The summed E-state index contributed by atoms with van der Waals surface area (Å²) < 4.78 is 13.3. The second-order valence-corrected chi connectivity index (χ2v) is 5.67. The molecule has 4 nitrogen and oxygen atoms in total. The highest BCUT2D eigenvalue weighted by atomic mass is 35.5. The summed E-state index contributed by atoms with van der Waals surface area (Å²) in [6, 6.07) is 2.15. The van der Waals surface area contributed by atoms with Crippen LogP contribution >= 0.6 is 11.6 Å². The average molecular weight is 301 g/mol. The molecule has 110 valence electrons. The van der Waals surface area contributed by atoms with E-state index in [1.807, 2.05) is 0 Å². The number of nitrogens with one attached hydrogen (secondary N) is 1. The van der Waals surface area contributed by atoms with Crippen LogP contribution in [0, 0.1) is 21.8 Å². The first-order valence-electron chi connectivity index (χ1n) is 6.95. The maximum Gasteiger partial charge on any atom is 0.295 e. The molecule has 1 saturated carbocycles. The summed E-state index contributed by atoms with van der Waals surface area (Å²) >= 11 is 5.68. The number of hydrogen-bond acceptors (Lipinski definition) is 3. The Morgan fingerprint density at radius 3 is 2.70 bits per heavy atom. The quantitative estimate of drug-likeness (QED) is 0.629. The summed E-state index contributed by atoms with van der Waals surface area (Å²) in [6.07, 6.45) is 7.29. The molecule has 0 aromatic heterocycles. The lowest BCUT2D eigenvalue weighted by atomic mass is 9.87. The zero-order chi connectivity index (χ0) is 14.5. The summed E-state index contributed by atoms with van der Waals surface area (Å²) in [5, 5.41) is 13.8. The second kappa shape index (κ2) is 6.88. The van der Waals surface area contributed by atoms with Crippen molar-refractivity contribution in [3.8, 4) is 0 Å². The summed E-state index contributed by atoms with van der Waals surface area (Å²) in [4.78, 5) is 10.3. The lowest BCUT2D eigenvalue weighted by molar-refractivity contribution is -0.384. The Morgan fingerprint density at radius 1 is 1.35 bits per heavy atom. The molecule has 0 spiro atoms. The van der Waals surface area contributed by atoms with E-state index in [1.165, 1.54) is 38.2 Å². The van der Waals surface area contributed by atoms with Gasteiger partial charge in [0.05, 0.1) is 16.0 Å². The van der Waals surface area contributed by atoms with E-state index in [4.69, 9.17) is 11.6 Å². The number of rotatable bonds is 5. The zero-order valence-electron chi connectivity index (χ0n) is 11.2. The number of nitrogens with zero attached hydrogens (tertiary/aromatic N) is 1. The van der Waals surface area contributed by atoms with Crippen molar-refractivity contribution in [3.05, 3.63) is 33.1 Å². The molecular weight excluding hydrogens is 283 g/mol. The van der Waals surface area contributed by atoms with Gasteiger partial charge < -0.3 is 5.32 Å². The smallest absolute Gasteiger partial charge is 0.295 e. The minimum Gasteiger partial charge on any atom is -0.379 e. The predicted octanol–water partition coefficient (Wildman–Crippen LogP) is 4.77. The molecule has 1 aliphatic carbocycles. The number of halogens is 2. The predicted molar refractivity (Wildman–Crippen MR) is 77.7 cm³/mol. The largest absolute Gasteiger partial charge is 0.379 e. The van der Waals surface area contributed by atoms with Gasteiger partial charge in [0, 0.05) is 6.54 Å². The van der Waals surface area contributed by atoms with Gasteiger partial charge in [-0.2, -0.15) is 0 Å². The number of hydrogen-bond donors (Lipinski definition) is 1. The summed E-state index contributed by atoms with van der Waals surface area (Å²) in [6.45, 7) is 0.646. The molecule has 0 heterocycles. The van der Waals surface area contributed by atoms with Gasteiger partial charge in [-0.25, -0.2) is 4.39 Å². The van der Waals surface area contributed by atoms with Gasteiger partial charge >= 0.3 is 0 Å². The Balaban J connectivity index is 1.97. The molecule has 0 amide bonds. The Labute approximate surface area is 122 Å². The molecule has 1 aliphatic rings. The molecule has 1 aromatic carbocycles. The molecule has 1 aromatic rings. The molecule has 0 unspecified atom stereocenters. The van der Waals surface area contributed by atoms with Gasteiger partial charge in [-0.3, -0.25) is 10.1 Å². The van der Waals surface area contributed by atoms with Crippen LogP contribution in [0.5, 0.6) is 0 Å². The van der Waals surface area contributed by atoms with Crippen molar-refractivity contribution in [2.24, 2.45) is 5.92 Å². The molecule has 2 rings (SSSR count). The van der Waals surface area contributed by atoms with Gasteiger partial charge in [-0.1, -0.05) is 43.7 Å². The number of benzene rings is 1. The minimum absolute atomic E-state index is 0.101. The monoisotopic (exact) mass is 300 g/mol. The van der Waals surface area contributed by atoms with Crippen molar-refractivity contribution < 1.29 is 9.31 Å². The first kappa shape index (κ1) is 15.0. The van der Waals surface area contributed by atoms with Gasteiger partial charge in [0.15, 0.2) is 0 Å². The van der Waals surface area contributed by atoms with Crippen LogP contribution in [0.1, 0.15) is 38.5 Å². The minimum atomic E-state index is -0.767. The average Bonchev–Trinajstić information content (AvgIpc) is 2.43.